The van der Waals surface area contributed by atoms with Crippen molar-refractivity contribution in [3.8, 4) is 0 Å². The number of aromatic nitrogens is 2. The van der Waals surface area contributed by atoms with Gasteiger partial charge in [-0.15, -0.1) is 0 Å². The molecule has 3 heteroatoms. The molecule has 0 atom stereocenters. The first-order valence-electron chi connectivity index (χ1n) is 5.07. The van der Waals surface area contributed by atoms with Crippen LogP contribution in [0.5, 0.6) is 0 Å². The van der Waals surface area contributed by atoms with Crippen molar-refractivity contribution >= 4 is 27.0 Å². The van der Waals surface area contributed by atoms with E-state index in [0.717, 1.165) is 16.8 Å². The molecule has 0 spiro atoms. The van der Waals surface area contributed by atoms with Gasteiger partial charge >= 0.3 is 0 Å². The maximum absolute atomic E-state index is 4.50. The number of rotatable bonds is 1. The van der Waals surface area contributed by atoms with Crippen LogP contribution in [0.4, 0.5) is 0 Å². The fourth-order valence-corrected chi connectivity index (χ4v) is 1.98. The third-order valence-electron chi connectivity index (χ3n) is 2.22. The number of fused-ring (bicyclic) bond motifs is 1. The average Bonchev–Trinajstić information content (AvgIpc) is 2.46. The van der Waals surface area contributed by atoms with Crippen molar-refractivity contribution in [3.63, 3.8) is 0 Å². The molecule has 0 saturated heterocycles. The van der Waals surface area contributed by atoms with E-state index in [0.29, 0.717) is 0 Å². The summed E-state index contributed by atoms with van der Waals surface area (Å²) in [6.45, 7) is 7.68. The number of pyridine rings is 1. The molecular weight excluding hydrogens is 252 g/mol. The van der Waals surface area contributed by atoms with E-state index in [4.69, 9.17) is 0 Å². The summed E-state index contributed by atoms with van der Waals surface area (Å²) in [7, 11) is 0. The molecule has 80 valence electrons. The van der Waals surface area contributed by atoms with E-state index in [1.807, 2.05) is 6.07 Å². The lowest BCUT2D eigenvalue weighted by Crippen LogP contribution is -2.14. The first kappa shape index (κ1) is 10.7. The Morgan fingerprint density at radius 2 is 2.00 bits per heavy atom. The van der Waals surface area contributed by atoms with Crippen LogP contribution < -0.4 is 0 Å². The zero-order valence-corrected chi connectivity index (χ0v) is 10.9. The molecule has 0 N–H and O–H groups in total. The molecule has 0 radical (unpaired) electrons. The Morgan fingerprint density at radius 1 is 1.27 bits per heavy atom. The van der Waals surface area contributed by atoms with Crippen molar-refractivity contribution in [1.82, 2.24) is 9.55 Å². The van der Waals surface area contributed by atoms with Crippen molar-refractivity contribution in [2.45, 2.75) is 27.3 Å². The third kappa shape index (κ3) is 2.40. The van der Waals surface area contributed by atoms with E-state index < -0.39 is 0 Å². The van der Waals surface area contributed by atoms with Gasteiger partial charge in [0.05, 0.1) is 0 Å². The van der Waals surface area contributed by atoms with Crippen molar-refractivity contribution in [3.05, 3.63) is 29.0 Å². The van der Waals surface area contributed by atoms with Gasteiger partial charge in [0, 0.05) is 18.1 Å². The second kappa shape index (κ2) is 3.63. The first-order chi connectivity index (χ1) is 6.96. The smallest absolute Gasteiger partial charge is 0.141 e. The van der Waals surface area contributed by atoms with Crippen molar-refractivity contribution in [1.29, 1.82) is 0 Å². The summed E-state index contributed by atoms with van der Waals surface area (Å²) in [6, 6.07) is 6.18. The average molecular weight is 267 g/mol. The normalized spacial score (nSPS) is 12.3. The molecule has 2 aromatic heterocycles. The fraction of sp³-hybridized carbons (Fsp3) is 0.417. The van der Waals surface area contributed by atoms with Crippen LogP contribution in [0.3, 0.4) is 0 Å². The van der Waals surface area contributed by atoms with Gasteiger partial charge in [0.2, 0.25) is 0 Å². The number of halogens is 1. The topological polar surface area (TPSA) is 17.8 Å². The molecule has 2 rings (SSSR count). The summed E-state index contributed by atoms with van der Waals surface area (Å²) in [5, 5.41) is 1.20. The van der Waals surface area contributed by atoms with Crippen LogP contribution >= 0.6 is 15.9 Å². The van der Waals surface area contributed by atoms with Crippen LogP contribution in [0.15, 0.2) is 29.0 Å². The van der Waals surface area contributed by atoms with Gasteiger partial charge in [-0.1, -0.05) is 20.8 Å². The molecule has 0 fully saturated rings. The minimum atomic E-state index is 0.274. The Labute approximate surface area is 98.4 Å². The van der Waals surface area contributed by atoms with Crippen LogP contribution in [-0.4, -0.2) is 9.55 Å². The quantitative estimate of drug-likeness (QED) is 0.718. The predicted octanol–water partition coefficient (Wildman–Crippen LogP) is 3.84. The minimum absolute atomic E-state index is 0.274. The van der Waals surface area contributed by atoms with E-state index in [-0.39, 0.29) is 5.41 Å². The number of nitrogens with zero attached hydrogens (tertiary/aromatic N) is 2. The molecule has 0 aliphatic heterocycles. The Hall–Kier alpha value is -0.830. The van der Waals surface area contributed by atoms with Crippen LogP contribution in [0, 0.1) is 5.41 Å². The van der Waals surface area contributed by atoms with Crippen LogP contribution in [-0.2, 0) is 6.54 Å². The summed E-state index contributed by atoms with van der Waals surface area (Å²) in [6.07, 6.45) is 2.11. The van der Waals surface area contributed by atoms with E-state index in [1.165, 1.54) is 5.39 Å². The van der Waals surface area contributed by atoms with Gasteiger partial charge in [-0.25, -0.2) is 4.98 Å². The van der Waals surface area contributed by atoms with Crippen LogP contribution in [0.1, 0.15) is 20.8 Å². The van der Waals surface area contributed by atoms with Crippen LogP contribution in [0.2, 0.25) is 0 Å². The maximum Gasteiger partial charge on any atom is 0.141 e. The Kier molecular flexibility index (Phi) is 2.59. The highest BCUT2D eigenvalue weighted by Gasteiger charge is 2.13. The molecule has 0 bridgehead atoms. The van der Waals surface area contributed by atoms with Gasteiger partial charge in [-0.3, -0.25) is 0 Å². The number of hydrogen-bond acceptors (Lipinski definition) is 1. The third-order valence-corrected chi connectivity index (χ3v) is 2.66. The van der Waals surface area contributed by atoms with Gasteiger partial charge in [0.25, 0.3) is 0 Å². The van der Waals surface area contributed by atoms with Gasteiger partial charge in [0.1, 0.15) is 10.3 Å². The summed E-state index contributed by atoms with van der Waals surface area (Å²) in [5.74, 6) is 0. The zero-order chi connectivity index (χ0) is 11.1. The second-order valence-corrected chi connectivity index (χ2v) is 5.86. The molecule has 2 aromatic rings. The van der Waals surface area contributed by atoms with Crippen molar-refractivity contribution in [2.75, 3.05) is 0 Å². The van der Waals surface area contributed by atoms with Gasteiger partial charge in [-0.05, 0) is 39.5 Å². The monoisotopic (exact) mass is 266 g/mol. The van der Waals surface area contributed by atoms with Gasteiger partial charge in [0.15, 0.2) is 0 Å². The summed E-state index contributed by atoms with van der Waals surface area (Å²) in [5.41, 5.74) is 1.33. The summed E-state index contributed by atoms with van der Waals surface area (Å²) < 4.78 is 3.10. The summed E-state index contributed by atoms with van der Waals surface area (Å²) in [4.78, 5) is 4.50. The maximum atomic E-state index is 4.50. The molecular formula is C12H15BrN2. The fourth-order valence-electron chi connectivity index (χ4n) is 1.68. The molecule has 0 unspecified atom stereocenters. The molecule has 2 nitrogen and oxygen atoms in total. The molecule has 0 aromatic carbocycles. The molecule has 0 amide bonds. The molecule has 15 heavy (non-hydrogen) atoms. The van der Waals surface area contributed by atoms with E-state index in [9.17, 15) is 0 Å². The highest BCUT2D eigenvalue weighted by Crippen LogP contribution is 2.22. The van der Waals surface area contributed by atoms with E-state index in [2.05, 4.69) is 64.6 Å². The van der Waals surface area contributed by atoms with Crippen molar-refractivity contribution < 1.29 is 0 Å². The Morgan fingerprint density at radius 3 is 2.67 bits per heavy atom. The second-order valence-electron chi connectivity index (χ2n) is 5.05. The standard InChI is InChI=1S/C12H15BrN2/c1-12(2,3)8-15-7-6-9-4-5-10(13)14-11(9)15/h4-7H,8H2,1-3H3. The van der Waals surface area contributed by atoms with Gasteiger partial charge in [-0.2, -0.15) is 0 Å². The van der Waals surface area contributed by atoms with E-state index >= 15 is 0 Å². The largest absolute Gasteiger partial charge is 0.332 e. The highest BCUT2D eigenvalue weighted by atomic mass is 79.9. The highest BCUT2D eigenvalue weighted by molar-refractivity contribution is 9.10. The summed E-state index contributed by atoms with van der Waals surface area (Å²) >= 11 is 3.41. The number of hydrogen-bond donors (Lipinski definition) is 0. The molecule has 0 aliphatic carbocycles. The lowest BCUT2D eigenvalue weighted by molar-refractivity contribution is 0.348. The molecule has 2 heterocycles. The van der Waals surface area contributed by atoms with E-state index in [1.54, 1.807) is 0 Å². The zero-order valence-electron chi connectivity index (χ0n) is 9.29. The minimum Gasteiger partial charge on any atom is -0.332 e. The Balaban J connectivity index is 2.48. The predicted molar refractivity (Wildman–Crippen MR) is 66.9 cm³/mol. The van der Waals surface area contributed by atoms with Crippen LogP contribution in [0.25, 0.3) is 11.0 Å². The molecule has 0 saturated carbocycles. The lowest BCUT2D eigenvalue weighted by atomic mass is 9.97. The van der Waals surface area contributed by atoms with Crippen molar-refractivity contribution in [2.24, 2.45) is 5.41 Å². The Bertz CT molecular complexity index is 480. The van der Waals surface area contributed by atoms with Gasteiger partial charge < -0.3 is 4.57 Å². The molecule has 0 aliphatic rings. The lowest BCUT2D eigenvalue weighted by Gasteiger charge is -2.19. The first-order valence-corrected chi connectivity index (χ1v) is 5.86. The SMILES string of the molecule is CC(C)(C)Cn1ccc2ccc(Br)nc21.